The Morgan fingerprint density at radius 1 is 0.700 bits per heavy atom. The molecule has 2 rings (SSSR count). The van der Waals surface area contributed by atoms with Gasteiger partial charge in [-0.3, -0.25) is 0 Å². The van der Waals surface area contributed by atoms with Crippen LogP contribution in [0.1, 0.15) is 18.6 Å². The van der Waals surface area contributed by atoms with Crippen LogP contribution >= 0.6 is 0 Å². The van der Waals surface area contributed by atoms with Crippen molar-refractivity contribution in [2.24, 2.45) is 0 Å². The van der Waals surface area contributed by atoms with Gasteiger partial charge in [0, 0.05) is 0 Å². The summed E-state index contributed by atoms with van der Waals surface area (Å²) in [5.74, 6) is 0. The van der Waals surface area contributed by atoms with E-state index in [9.17, 15) is 0 Å². The van der Waals surface area contributed by atoms with Gasteiger partial charge < -0.3 is 0 Å². The van der Waals surface area contributed by atoms with Gasteiger partial charge in [0.1, 0.15) is 0 Å². The normalized spacial score (nSPS) is 7.20. The number of isocyanates is 2. The van der Waals surface area contributed by atoms with Crippen LogP contribution in [0.3, 0.4) is 0 Å². The molecule has 0 radical (unpaired) electrons. The van der Waals surface area contributed by atoms with Crippen LogP contribution in [0.2, 0.25) is 0 Å². The average Bonchev–Trinajstić information content (AvgIpc) is 2.43. The minimum Gasteiger partial charge on any atom is -0.222 e. The lowest BCUT2D eigenvalue weighted by Gasteiger charge is -2.00. The largest absolute Gasteiger partial charge is 0.231 e. The highest BCUT2D eigenvalue weighted by Gasteiger charge is 1.92. The maximum Gasteiger partial charge on any atom is 0.231 e. The predicted octanol–water partition coefficient (Wildman–Crippen LogP) is 3.72. The number of benzene rings is 2. The van der Waals surface area contributed by atoms with Gasteiger partial charge in [0.15, 0.2) is 0 Å². The molecule has 0 amide bonds. The summed E-state index contributed by atoms with van der Waals surface area (Å²) in [4.78, 5) is 16.7. The lowest BCUT2D eigenvalue weighted by Crippen LogP contribution is -1.85. The molecule has 0 fully saturated rings. The van der Waals surface area contributed by atoms with E-state index in [1.807, 2.05) is 0 Å². The second kappa shape index (κ2) is 14.3. The van der Waals surface area contributed by atoms with Gasteiger partial charge in [0.25, 0.3) is 0 Å². The van der Waals surface area contributed by atoms with E-state index in [0.717, 1.165) is 18.6 Å². The van der Waals surface area contributed by atoms with Crippen LogP contribution in [0.15, 0.2) is 60.7 Å². The summed E-state index contributed by atoms with van der Waals surface area (Å²) in [7, 11) is 0. The number of hydrogen-bond donors (Lipinski definition) is 2. The van der Waals surface area contributed by atoms with Gasteiger partial charge >= 0.3 is 0 Å². The molecule has 0 saturated carbocycles. The average molecular weight is 270 g/mol. The fourth-order valence-electron chi connectivity index (χ4n) is 1.43. The molecule has 0 spiro atoms. The fourth-order valence-corrected chi connectivity index (χ4v) is 1.43. The Hall–Kier alpha value is -2.80. The van der Waals surface area contributed by atoms with Crippen molar-refractivity contribution >= 4 is 12.2 Å². The van der Waals surface area contributed by atoms with Crippen LogP contribution in [0.5, 0.6) is 0 Å². The van der Waals surface area contributed by atoms with Crippen molar-refractivity contribution in [3.8, 4) is 0 Å². The molecule has 104 valence electrons. The second-order valence-electron chi connectivity index (χ2n) is 3.35. The van der Waals surface area contributed by atoms with E-state index < -0.39 is 0 Å². The molecule has 4 heteroatoms. The zero-order valence-corrected chi connectivity index (χ0v) is 10.3. The maximum absolute atomic E-state index is 8.35. The van der Waals surface area contributed by atoms with Gasteiger partial charge in [0.2, 0.25) is 12.2 Å². The Labute approximate surface area is 119 Å². The van der Waals surface area contributed by atoms with Crippen LogP contribution in [-0.2, 0) is 16.0 Å². The third-order valence-corrected chi connectivity index (χ3v) is 2.09. The minimum atomic E-state index is 0. The van der Waals surface area contributed by atoms with Crippen LogP contribution in [0.4, 0.5) is 0 Å². The molecule has 4 nitrogen and oxygen atoms in total. The van der Waals surface area contributed by atoms with Crippen LogP contribution in [0.25, 0.3) is 0 Å². The molecule has 0 unspecified atom stereocenters. The van der Waals surface area contributed by atoms with E-state index in [0.29, 0.717) is 0 Å². The van der Waals surface area contributed by atoms with Gasteiger partial charge in [-0.1, -0.05) is 68.1 Å². The van der Waals surface area contributed by atoms with Gasteiger partial charge in [-0.25, -0.2) is 20.4 Å². The SMILES string of the molecule is C.N=C=O.N=C=O.c1ccc(Cc2ccccc2)cc1. The highest BCUT2D eigenvalue weighted by Crippen LogP contribution is 2.07. The van der Waals surface area contributed by atoms with Crippen molar-refractivity contribution in [2.45, 2.75) is 13.8 Å². The third-order valence-electron chi connectivity index (χ3n) is 2.09. The molecule has 0 aliphatic rings. The number of rotatable bonds is 2. The van der Waals surface area contributed by atoms with E-state index in [4.69, 9.17) is 20.4 Å². The molecular formula is C16H18N2O2. The minimum absolute atomic E-state index is 0. The summed E-state index contributed by atoms with van der Waals surface area (Å²) >= 11 is 0. The van der Waals surface area contributed by atoms with Crippen molar-refractivity contribution in [3.05, 3.63) is 71.8 Å². The Morgan fingerprint density at radius 3 is 1.20 bits per heavy atom. The molecule has 20 heavy (non-hydrogen) atoms. The quantitative estimate of drug-likeness (QED) is 0.644. The van der Waals surface area contributed by atoms with Gasteiger partial charge in [-0.2, -0.15) is 0 Å². The van der Waals surface area contributed by atoms with E-state index in [-0.39, 0.29) is 7.43 Å². The molecule has 2 aromatic carbocycles. The van der Waals surface area contributed by atoms with Crippen molar-refractivity contribution in [1.29, 1.82) is 10.8 Å². The third kappa shape index (κ3) is 10.4. The highest BCUT2D eigenvalue weighted by atomic mass is 16.1. The molecule has 0 bridgehead atoms. The zero-order chi connectivity index (χ0) is 14.3. The first-order valence-electron chi connectivity index (χ1n) is 5.44. The molecule has 0 saturated heterocycles. The second-order valence-corrected chi connectivity index (χ2v) is 3.35. The fraction of sp³-hybridized carbons (Fsp3) is 0.125. The van der Waals surface area contributed by atoms with Crippen molar-refractivity contribution in [2.75, 3.05) is 0 Å². The number of nitrogens with one attached hydrogen (secondary N) is 2. The number of carbonyl (C=O) groups excluding carboxylic acids is 2. The number of hydrogen-bond acceptors (Lipinski definition) is 4. The summed E-state index contributed by atoms with van der Waals surface area (Å²) < 4.78 is 0. The van der Waals surface area contributed by atoms with Crippen molar-refractivity contribution < 1.29 is 9.59 Å². The molecule has 0 aliphatic heterocycles. The smallest absolute Gasteiger partial charge is 0.222 e. The van der Waals surface area contributed by atoms with E-state index in [1.165, 1.54) is 11.1 Å². The Balaban J connectivity index is 0. The van der Waals surface area contributed by atoms with Gasteiger partial charge in [-0.05, 0) is 17.5 Å². The van der Waals surface area contributed by atoms with Gasteiger partial charge in [0.05, 0.1) is 0 Å². The topological polar surface area (TPSA) is 81.8 Å². The zero-order valence-electron chi connectivity index (χ0n) is 10.3. The maximum atomic E-state index is 8.35. The first kappa shape index (κ1) is 19.5. The first-order chi connectivity index (χ1) is 9.28. The molecule has 0 aromatic heterocycles. The lowest BCUT2D eigenvalue weighted by molar-refractivity contribution is 0.562. The molecular weight excluding hydrogens is 252 g/mol. The summed E-state index contributed by atoms with van der Waals surface area (Å²) in [5, 5.41) is 10.8. The highest BCUT2D eigenvalue weighted by molar-refractivity contribution is 5.26. The molecule has 2 aromatic rings. The Bertz CT molecular complexity index is 463. The molecule has 2 N–H and O–H groups in total. The Morgan fingerprint density at radius 2 is 0.950 bits per heavy atom. The molecule has 0 heterocycles. The summed E-state index contributed by atoms with van der Waals surface area (Å²) in [5.41, 5.74) is 2.74. The summed E-state index contributed by atoms with van der Waals surface area (Å²) in [6.07, 6.45) is 2.53. The monoisotopic (exact) mass is 270 g/mol. The van der Waals surface area contributed by atoms with E-state index in [2.05, 4.69) is 60.7 Å². The van der Waals surface area contributed by atoms with E-state index >= 15 is 0 Å². The summed E-state index contributed by atoms with van der Waals surface area (Å²) in [6, 6.07) is 21.1. The standard InChI is InChI=1S/C13H12.2CHNO.CH4/c1-3-7-12(8-4-1)11-13-9-5-2-6-10-13;2*2-1-3;/h1-10H,11H2;2*2H;1H4. The van der Waals surface area contributed by atoms with Crippen LogP contribution in [-0.4, -0.2) is 12.2 Å². The Kier molecular flexibility index (Phi) is 13.9. The van der Waals surface area contributed by atoms with Crippen molar-refractivity contribution in [1.82, 2.24) is 0 Å². The van der Waals surface area contributed by atoms with Crippen LogP contribution < -0.4 is 0 Å². The van der Waals surface area contributed by atoms with Crippen molar-refractivity contribution in [3.63, 3.8) is 0 Å². The van der Waals surface area contributed by atoms with Gasteiger partial charge in [-0.15, -0.1) is 0 Å². The van der Waals surface area contributed by atoms with Crippen LogP contribution in [0, 0.1) is 10.8 Å². The predicted molar refractivity (Wildman–Crippen MR) is 79.2 cm³/mol. The molecule has 0 aliphatic carbocycles. The first-order valence-corrected chi connectivity index (χ1v) is 5.44. The van der Waals surface area contributed by atoms with E-state index in [1.54, 1.807) is 0 Å². The molecule has 0 atom stereocenters. The lowest BCUT2D eigenvalue weighted by atomic mass is 10.1. The summed E-state index contributed by atoms with van der Waals surface area (Å²) in [6.45, 7) is 0.